The molecular formula is C13H17N3OS. The number of fused-ring (bicyclic) bond motifs is 1. The van der Waals surface area contributed by atoms with E-state index in [4.69, 9.17) is 5.73 Å². The van der Waals surface area contributed by atoms with Crippen molar-refractivity contribution in [2.45, 2.75) is 26.3 Å². The van der Waals surface area contributed by atoms with Crippen LogP contribution in [0.15, 0.2) is 18.5 Å². The third-order valence-corrected chi connectivity index (χ3v) is 4.44. The minimum absolute atomic E-state index is 0.0111. The molecule has 0 aliphatic heterocycles. The molecule has 0 aromatic carbocycles. The molecule has 0 fully saturated rings. The smallest absolute Gasteiger partial charge is 0.266 e. The molecule has 2 N–H and O–H groups in total. The normalized spacial score (nSPS) is 12.6. The maximum absolute atomic E-state index is 12.4. The Labute approximate surface area is 110 Å². The topological polar surface area (TPSA) is 59.2 Å². The molecule has 0 saturated heterocycles. The lowest BCUT2D eigenvalue weighted by Crippen LogP contribution is -2.34. The van der Waals surface area contributed by atoms with Crippen molar-refractivity contribution >= 4 is 33.0 Å². The Bertz CT molecular complexity index is 579. The Balaban J connectivity index is 2.42. The highest BCUT2D eigenvalue weighted by molar-refractivity contribution is 7.21. The van der Waals surface area contributed by atoms with Crippen molar-refractivity contribution in [2.75, 3.05) is 12.8 Å². The third kappa shape index (κ3) is 2.06. The molecule has 1 unspecified atom stereocenters. The average molecular weight is 263 g/mol. The summed E-state index contributed by atoms with van der Waals surface area (Å²) in [5.41, 5.74) is 6.62. The van der Waals surface area contributed by atoms with E-state index in [1.807, 2.05) is 20.0 Å². The first-order valence-corrected chi connectivity index (χ1v) is 6.77. The highest BCUT2D eigenvalue weighted by atomic mass is 32.1. The van der Waals surface area contributed by atoms with Crippen LogP contribution in [0.3, 0.4) is 0 Å². The van der Waals surface area contributed by atoms with Crippen LogP contribution in [0.2, 0.25) is 0 Å². The number of anilines is 1. The summed E-state index contributed by atoms with van der Waals surface area (Å²) in [6.07, 6.45) is 4.36. The third-order valence-electron chi connectivity index (χ3n) is 3.30. The van der Waals surface area contributed by atoms with Gasteiger partial charge in [0.2, 0.25) is 0 Å². The predicted octanol–water partition coefficient (Wildman–Crippen LogP) is 2.75. The van der Waals surface area contributed by atoms with Crippen LogP contribution in [-0.2, 0) is 0 Å². The number of nitrogens with two attached hydrogens (primary N) is 1. The molecule has 0 aliphatic carbocycles. The monoisotopic (exact) mass is 263 g/mol. The van der Waals surface area contributed by atoms with Crippen LogP contribution in [-0.4, -0.2) is 28.9 Å². The van der Waals surface area contributed by atoms with Crippen LogP contribution in [0.4, 0.5) is 5.69 Å². The van der Waals surface area contributed by atoms with E-state index in [0.717, 1.165) is 16.5 Å². The van der Waals surface area contributed by atoms with Crippen molar-refractivity contribution in [1.29, 1.82) is 0 Å². The molecule has 18 heavy (non-hydrogen) atoms. The molecule has 2 rings (SSSR count). The van der Waals surface area contributed by atoms with E-state index in [-0.39, 0.29) is 11.9 Å². The summed E-state index contributed by atoms with van der Waals surface area (Å²) in [4.78, 5) is 18.8. The summed E-state index contributed by atoms with van der Waals surface area (Å²) in [5.74, 6) is -0.0111. The number of rotatable bonds is 3. The number of amides is 1. The van der Waals surface area contributed by atoms with Gasteiger partial charge in [-0.2, -0.15) is 0 Å². The lowest BCUT2D eigenvalue weighted by Gasteiger charge is -2.23. The Morgan fingerprint density at radius 2 is 2.33 bits per heavy atom. The Morgan fingerprint density at radius 3 is 2.94 bits per heavy atom. The van der Waals surface area contributed by atoms with E-state index < -0.39 is 0 Å². The summed E-state index contributed by atoms with van der Waals surface area (Å²) in [5, 5.41) is 0.913. The minimum atomic E-state index is -0.0111. The molecule has 2 heterocycles. The van der Waals surface area contributed by atoms with Gasteiger partial charge in [-0.25, -0.2) is 0 Å². The zero-order chi connectivity index (χ0) is 13.3. The second-order valence-electron chi connectivity index (χ2n) is 4.39. The van der Waals surface area contributed by atoms with E-state index in [1.165, 1.54) is 11.3 Å². The number of nitrogens with zero attached hydrogens (tertiary/aromatic N) is 2. The maximum Gasteiger partial charge on any atom is 0.266 e. The van der Waals surface area contributed by atoms with Crippen LogP contribution in [0.5, 0.6) is 0 Å². The summed E-state index contributed by atoms with van der Waals surface area (Å²) in [6, 6.07) is 2.06. The van der Waals surface area contributed by atoms with E-state index in [1.54, 1.807) is 17.3 Å². The van der Waals surface area contributed by atoms with Gasteiger partial charge in [0, 0.05) is 30.9 Å². The number of thiophene rings is 1. The van der Waals surface area contributed by atoms with Crippen LogP contribution >= 0.6 is 11.3 Å². The average Bonchev–Trinajstić information content (AvgIpc) is 2.74. The van der Waals surface area contributed by atoms with Gasteiger partial charge in [0.05, 0.1) is 10.4 Å². The van der Waals surface area contributed by atoms with E-state index in [0.29, 0.717) is 10.6 Å². The van der Waals surface area contributed by atoms with Gasteiger partial charge in [-0.3, -0.25) is 9.78 Å². The van der Waals surface area contributed by atoms with E-state index in [9.17, 15) is 4.79 Å². The molecule has 0 radical (unpaired) electrons. The number of nitrogen functional groups attached to an aromatic ring is 1. The van der Waals surface area contributed by atoms with Gasteiger partial charge in [-0.05, 0) is 19.4 Å². The lowest BCUT2D eigenvalue weighted by atomic mass is 10.2. The second kappa shape index (κ2) is 4.94. The van der Waals surface area contributed by atoms with Crippen molar-refractivity contribution in [2.24, 2.45) is 0 Å². The second-order valence-corrected chi connectivity index (χ2v) is 5.44. The van der Waals surface area contributed by atoms with Crippen LogP contribution in [0.25, 0.3) is 10.1 Å². The van der Waals surface area contributed by atoms with Gasteiger partial charge in [0.25, 0.3) is 5.91 Å². The minimum Gasteiger partial charge on any atom is -0.397 e. The molecule has 1 amide bonds. The number of aromatic nitrogens is 1. The fourth-order valence-electron chi connectivity index (χ4n) is 1.76. The molecule has 2 aromatic rings. The largest absolute Gasteiger partial charge is 0.397 e. The highest BCUT2D eigenvalue weighted by Crippen LogP contribution is 2.33. The summed E-state index contributed by atoms with van der Waals surface area (Å²) in [6.45, 7) is 4.09. The van der Waals surface area contributed by atoms with E-state index in [2.05, 4.69) is 11.9 Å². The molecule has 0 saturated carbocycles. The molecular weight excluding hydrogens is 246 g/mol. The van der Waals surface area contributed by atoms with E-state index >= 15 is 0 Å². The number of carbonyl (C=O) groups excluding carboxylic acids is 1. The molecule has 5 heteroatoms. The van der Waals surface area contributed by atoms with Crippen LogP contribution in [0.1, 0.15) is 29.9 Å². The molecule has 4 nitrogen and oxygen atoms in total. The molecule has 2 aromatic heterocycles. The quantitative estimate of drug-likeness (QED) is 0.926. The fourth-order valence-corrected chi connectivity index (χ4v) is 2.84. The van der Waals surface area contributed by atoms with Gasteiger partial charge < -0.3 is 10.6 Å². The Kier molecular flexibility index (Phi) is 3.52. The van der Waals surface area contributed by atoms with Gasteiger partial charge >= 0.3 is 0 Å². The first-order chi connectivity index (χ1) is 8.56. The molecule has 0 aliphatic rings. The first kappa shape index (κ1) is 12.8. The van der Waals surface area contributed by atoms with Gasteiger partial charge in [0.15, 0.2) is 0 Å². The molecule has 1 atom stereocenters. The summed E-state index contributed by atoms with van der Waals surface area (Å²) >= 11 is 1.41. The molecule has 0 bridgehead atoms. The van der Waals surface area contributed by atoms with Crippen molar-refractivity contribution in [1.82, 2.24) is 9.88 Å². The highest BCUT2D eigenvalue weighted by Gasteiger charge is 2.22. The zero-order valence-electron chi connectivity index (χ0n) is 10.8. The number of hydrogen-bond acceptors (Lipinski definition) is 4. The number of hydrogen-bond donors (Lipinski definition) is 1. The van der Waals surface area contributed by atoms with Crippen LogP contribution in [0, 0.1) is 0 Å². The lowest BCUT2D eigenvalue weighted by molar-refractivity contribution is 0.0746. The SMILES string of the molecule is CCC(C)N(C)C(=O)c1sc2cnccc2c1N. The first-order valence-electron chi connectivity index (χ1n) is 5.95. The molecule has 0 spiro atoms. The zero-order valence-corrected chi connectivity index (χ0v) is 11.6. The van der Waals surface area contributed by atoms with Crippen molar-refractivity contribution < 1.29 is 4.79 Å². The standard InChI is InChI=1S/C13H17N3OS/c1-4-8(2)16(3)13(17)12-11(14)9-5-6-15-7-10(9)18-12/h5-8H,4,14H2,1-3H3. The van der Waals surface area contributed by atoms with Crippen LogP contribution < -0.4 is 5.73 Å². The van der Waals surface area contributed by atoms with Gasteiger partial charge in [0.1, 0.15) is 4.88 Å². The number of carbonyl (C=O) groups is 1. The van der Waals surface area contributed by atoms with Crippen molar-refractivity contribution in [3.63, 3.8) is 0 Å². The van der Waals surface area contributed by atoms with Gasteiger partial charge in [-0.15, -0.1) is 11.3 Å². The fraction of sp³-hybridized carbons (Fsp3) is 0.385. The maximum atomic E-state index is 12.4. The van der Waals surface area contributed by atoms with Crippen molar-refractivity contribution in [3.05, 3.63) is 23.3 Å². The number of pyridine rings is 1. The summed E-state index contributed by atoms with van der Waals surface area (Å²) < 4.78 is 0.955. The summed E-state index contributed by atoms with van der Waals surface area (Å²) in [7, 11) is 1.82. The van der Waals surface area contributed by atoms with Gasteiger partial charge in [-0.1, -0.05) is 6.92 Å². The predicted molar refractivity (Wildman–Crippen MR) is 75.9 cm³/mol. The Morgan fingerprint density at radius 1 is 1.61 bits per heavy atom. The Hall–Kier alpha value is -1.62. The molecule has 96 valence electrons. The van der Waals surface area contributed by atoms with Crippen molar-refractivity contribution in [3.8, 4) is 0 Å².